The average Bonchev–Trinajstić information content (AvgIpc) is 2.73. The summed E-state index contributed by atoms with van der Waals surface area (Å²) in [5, 5.41) is 3.58. The molecular weight excluding hydrogens is 356 g/mol. The molecule has 2 aromatic heterocycles. The van der Waals surface area contributed by atoms with Crippen LogP contribution in [0.4, 0.5) is 11.8 Å². The Morgan fingerprint density at radius 3 is 3.00 bits per heavy atom. The maximum absolute atomic E-state index is 5.99. The van der Waals surface area contributed by atoms with Crippen LogP contribution in [0.25, 0.3) is 0 Å². The van der Waals surface area contributed by atoms with Gasteiger partial charge in [-0.1, -0.05) is 13.8 Å². The number of ether oxygens (including phenoxy) is 2. The van der Waals surface area contributed by atoms with Gasteiger partial charge in [0.1, 0.15) is 12.1 Å². The van der Waals surface area contributed by atoms with Crippen LogP contribution in [0, 0.1) is 5.92 Å². The molecule has 8 heteroatoms. The van der Waals surface area contributed by atoms with Gasteiger partial charge in [0.15, 0.2) is 0 Å². The highest BCUT2D eigenvalue weighted by Crippen LogP contribution is 2.28. The molecule has 1 fully saturated rings. The van der Waals surface area contributed by atoms with Gasteiger partial charge in [0, 0.05) is 25.8 Å². The van der Waals surface area contributed by atoms with Crippen LogP contribution in [-0.4, -0.2) is 52.3 Å². The van der Waals surface area contributed by atoms with Crippen molar-refractivity contribution in [1.82, 2.24) is 19.9 Å². The number of aromatic nitrogens is 4. The topological polar surface area (TPSA) is 85.3 Å². The molecule has 28 heavy (non-hydrogen) atoms. The SMILES string of the molecule is COc1ncnc2c1CN(c1nccc(NC3CCCOC3C(C)C)n1)CC2. The molecule has 0 aliphatic carbocycles. The highest BCUT2D eigenvalue weighted by atomic mass is 16.5. The Morgan fingerprint density at radius 2 is 2.18 bits per heavy atom. The molecule has 4 rings (SSSR count). The maximum Gasteiger partial charge on any atom is 0.227 e. The number of rotatable bonds is 5. The summed E-state index contributed by atoms with van der Waals surface area (Å²) >= 11 is 0. The second-order valence-electron chi connectivity index (χ2n) is 7.69. The smallest absolute Gasteiger partial charge is 0.227 e. The lowest BCUT2D eigenvalue weighted by molar-refractivity contribution is -0.0203. The molecule has 0 bridgehead atoms. The van der Waals surface area contributed by atoms with E-state index in [1.807, 2.05) is 12.3 Å². The number of nitrogens with one attached hydrogen (secondary N) is 1. The molecule has 0 radical (unpaired) electrons. The Bertz CT molecular complexity index is 801. The summed E-state index contributed by atoms with van der Waals surface area (Å²) in [5.74, 6) is 2.64. The van der Waals surface area contributed by atoms with Crippen molar-refractivity contribution >= 4 is 11.8 Å². The van der Waals surface area contributed by atoms with E-state index < -0.39 is 0 Å². The number of methoxy groups -OCH3 is 1. The summed E-state index contributed by atoms with van der Waals surface area (Å²) < 4.78 is 11.4. The molecule has 1 saturated heterocycles. The molecule has 2 atom stereocenters. The summed E-state index contributed by atoms with van der Waals surface area (Å²) in [4.78, 5) is 20.1. The highest BCUT2D eigenvalue weighted by Gasteiger charge is 2.29. The van der Waals surface area contributed by atoms with Crippen LogP contribution in [0.15, 0.2) is 18.6 Å². The van der Waals surface area contributed by atoms with Crippen LogP contribution in [0.1, 0.15) is 37.9 Å². The first-order valence-electron chi connectivity index (χ1n) is 9.98. The minimum absolute atomic E-state index is 0.204. The molecule has 2 aliphatic rings. The molecule has 0 aromatic carbocycles. The van der Waals surface area contributed by atoms with E-state index in [0.29, 0.717) is 24.3 Å². The lowest BCUT2D eigenvalue weighted by Gasteiger charge is -2.35. The van der Waals surface area contributed by atoms with Gasteiger partial charge in [0.25, 0.3) is 0 Å². The van der Waals surface area contributed by atoms with Gasteiger partial charge in [0.2, 0.25) is 11.8 Å². The van der Waals surface area contributed by atoms with Crippen molar-refractivity contribution in [3.05, 3.63) is 29.8 Å². The highest BCUT2D eigenvalue weighted by molar-refractivity contribution is 5.45. The van der Waals surface area contributed by atoms with E-state index in [-0.39, 0.29) is 12.1 Å². The maximum atomic E-state index is 5.99. The number of hydrogen-bond acceptors (Lipinski definition) is 8. The van der Waals surface area contributed by atoms with E-state index in [4.69, 9.17) is 14.5 Å². The molecule has 0 spiro atoms. The third-order valence-electron chi connectivity index (χ3n) is 5.44. The summed E-state index contributed by atoms with van der Waals surface area (Å²) in [5.41, 5.74) is 2.05. The molecule has 0 amide bonds. The standard InChI is InChI=1S/C20H28N6O2/c1-13(2)18-16(5-4-10-28-18)24-17-6-8-21-20(25-17)26-9-7-15-14(11-26)19(27-3)23-12-22-15/h6,8,12-13,16,18H,4-5,7,9-11H2,1-3H3,(H,21,24,25). The van der Waals surface area contributed by atoms with E-state index >= 15 is 0 Å². The molecule has 1 N–H and O–H groups in total. The second-order valence-corrected chi connectivity index (χ2v) is 7.69. The third kappa shape index (κ3) is 3.87. The lowest BCUT2D eigenvalue weighted by Crippen LogP contribution is -2.43. The van der Waals surface area contributed by atoms with Gasteiger partial charge in [-0.15, -0.1) is 0 Å². The monoisotopic (exact) mass is 384 g/mol. The van der Waals surface area contributed by atoms with Crippen LogP contribution < -0.4 is 15.0 Å². The van der Waals surface area contributed by atoms with Crippen molar-refractivity contribution in [1.29, 1.82) is 0 Å². The van der Waals surface area contributed by atoms with Crippen molar-refractivity contribution in [2.24, 2.45) is 5.92 Å². The molecule has 8 nitrogen and oxygen atoms in total. The summed E-state index contributed by atoms with van der Waals surface area (Å²) in [7, 11) is 1.64. The van der Waals surface area contributed by atoms with Crippen molar-refractivity contribution in [3.8, 4) is 5.88 Å². The zero-order chi connectivity index (χ0) is 19.5. The first-order chi connectivity index (χ1) is 13.7. The average molecular weight is 384 g/mol. The van der Waals surface area contributed by atoms with Gasteiger partial charge in [-0.3, -0.25) is 0 Å². The summed E-state index contributed by atoms with van der Waals surface area (Å²) in [6, 6.07) is 2.20. The minimum atomic E-state index is 0.204. The van der Waals surface area contributed by atoms with Crippen LogP contribution in [0.3, 0.4) is 0 Å². The minimum Gasteiger partial charge on any atom is -0.481 e. The molecule has 0 saturated carbocycles. The predicted molar refractivity (Wildman–Crippen MR) is 107 cm³/mol. The second kappa shape index (κ2) is 8.26. The predicted octanol–water partition coefficient (Wildman–Crippen LogP) is 2.45. The fourth-order valence-corrected chi connectivity index (χ4v) is 4.05. The van der Waals surface area contributed by atoms with E-state index in [1.54, 1.807) is 13.4 Å². The molecule has 2 aliphatic heterocycles. The Hall–Kier alpha value is -2.48. The number of hydrogen-bond donors (Lipinski definition) is 1. The van der Waals surface area contributed by atoms with Crippen molar-refractivity contribution in [2.45, 2.75) is 51.8 Å². The zero-order valence-electron chi connectivity index (χ0n) is 16.8. The van der Waals surface area contributed by atoms with Gasteiger partial charge in [-0.05, 0) is 24.8 Å². The number of nitrogens with zero attached hydrogens (tertiary/aromatic N) is 5. The molecule has 150 valence electrons. The number of fused-ring (bicyclic) bond motifs is 1. The fraction of sp³-hybridized carbons (Fsp3) is 0.600. The summed E-state index contributed by atoms with van der Waals surface area (Å²) in [6.45, 7) is 6.71. The van der Waals surface area contributed by atoms with Gasteiger partial charge < -0.3 is 19.7 Å². The van der Waals surface area contributed by atoms with Crippen molar-refractivity contribution in [2.75, 3.05) is 30.5 Å². The van der Waals surface area contributed by atoms with E-state index in [1.165, 1.54) is 0 Å². The lowest BCUT2D eigenvalue weighted by atomic mass is 9.94. The fourth-order valence-electron chi connectivity index (χ4n) is 4.05. The molecule has 2 aromatic rings. The molecule has 2 unspecified atom stereocenters. The van der Waals surface area contributed by atoms with E-state index in [9.17, 15) is 0 Å². The Morgan fingerprint density at radius 1 is 1.29 bits per heavy atom. The normalized spacial score (nSPS) is 22.1. The van der Waals surface area contributed by atoms with Crippen LogP contribution >= 0.6 is 0 Å². The van der Waals surface area contributed by atoms with Crippen molar-refractivity contribution < 1.29 is 9.47 Å². The third-order valence-corrected chi connectivity index (χ3v) is 5.44. The summed E-state index contributed by atoms with van der Waals surface area (Å²) in [6.07, 6.45) is 6.56. The van der Waals surface area contributed by atoms with E-state index in [0.717, 1.165) is 49.5 Å². The zero-order valence-corrected chi connectivity index (χ0v) is 16.8. The Balaban J connectivity index is 1.51. The van der Waals surface area contributed by atoms with Gasteiger partial charge in [-0.2, -0.15) is 4.98 Å². The van der Waals surface area contributed by atoms with Gasteiger partial charge in [0.05, 0.1) is 37.1 Å². The molecular formula is C20H28N6O2. The van der Waals surface area contributed by atoms with E-state index in [2.05, 4.69) is 39.0 Å². The first kappa shape index (κ1) is 18.9. The van der Waals surface area contributed by atoms with Crippen LogP contribution in [0.5, 0.6) is 5.88 Å². The van der Waals surface area contributed by atoms with Crippen LogP contribution in [0.2, 0.25) is 0 Å². The van der Waals surface area contributed by atoms with Gasteiger partial charge >= 0.3 is 0 Å². The quantitative estimate of drug-likeness (QED) is 0.841. The van der Waals surface area contributed by atoms with Gasteiger partial charge in [-0.25, -0.2) is 15.0 Å². The Kier molecular flexibility index (Phi) is 5.57. The Labute approximate surface area is 165 Å². The largest absolute Gasteiger partial charge is 0.481 e. The van der Waals surface area contributed by atoms with Crippen molar-refractivity contribution in [3.63, 3.8) is 0 Å². The van der Waals surface area contributed by atoms with Crippen LogP contribution in [-0.2, 0) is 17.7 Å². The number of anilines is 2. The first-order valence-corrected chi connectivity index (χ1v) is 9.98. The molecule has 4 heterocycles.